The predicted octanol–water partition coefficient (Wildman–Crippen LogP) is 2.85. The Balaban J connectivity index is 1.43. The molecule has 16 heteroatoms. The van der Waals surface area contributed by atoms with Gasteiger partial charge in [-0.2, -0.15) is 31.4 Å². The number of nitrogens with one attached hydrogen (secondary N) is 3. The molecule has 2 aromatic heterocycles. The number of halogens is 6. The van der Waals surface area contributed by atoms with Crippen LogP contribution in [0.3, 0.4) is 0 Å². The number of aliphatic hydroxyl groups is 1. The second-order valence-corrected chi connectivity index (χ2v) is 8.86. The van der Waals surface area contributed by atoms with E-state index in [2.05, 4.69) is 20.9 Å². The molecular weight excluding hydrogens is 526 g/mol. The third kappa shape index (κ3) is 7.56. The topological polar surface area (TPSA) is 132 Å². The molecule has 1 aliphatic heterocycles. The van der Waals surface area contributed by atoms with E-state index in [1.165, 1.54) is 13.0 Å². The second kappa shape index (κ2) is 12.0. The average molecular weight is 552 g/mol. The molecule has 3 heterocycles. The van der Waals surface area contributed by atoms with Crippen molar-refractivity contribution in [3.8, 4) is 0 Å². The highest BCUT2D eigenvalue weighted by molar-refractivity contribution is 5.75. The van der Waals surface area contributed by atoms with Gasteiger partial charge in [0.25, 0.3) is 5.56 Å². The summed E-state index contributed by atoms with van der Waals surface area (Å²) in [4.78, 5) is 34.5. The maximum absolute atomic E-state index is 13.1. The van der Waals surface area contributed by atoms with Crippen LogP contribution in [0.2, 0.25) is 0 Å². The molecule has 210 valence electrons. The summed E-state index contributed by atoms with van der Waals surface area (Å²) in [6, 6.07) is 0.487. The highest BCUT2D eigenvalue weighted by atomic mass is 19.4. The van der Waals surface area contributed by atoms with E-state index in [0.717, 1.165) is 6.20 Å². The molecule has 1 aliphatic rings. The van der Waals surface area contributed by atoms with Crippen molar-refractivity contribution in [3.05, 3.63) is 45.5 Å². The number of alkyl halides is 6. The number of nitrogens with zero attached hydrogens (tertiary/aromatic N) is 3. The van der Waals surface area contributed by atoms with E-state index in [1.807, 2.05) is 0 Å². The lowest BCUT2D eigenvalue weighted by atomic mass is 9.93. The number of hydrogen-bond acceptors (Lipinski definition) is 8. The van der Waals surface area contributed by atoms with Crippen LogP contribution in [0.4, 0.5) is 37.8 Å². The van der Waals surface area contributed by atoms with Crippen LogP contribution in [0.15, 0.2) is 23.3 Å². The van der Waals surface area contributed by atoms with E-state index in [-0.39, 0.29) is 24.5 Å². The summed E-state index contributed by atoms with van der Waals surface area (Å²) in [5, 5.41) is 16.9. The molecule has 4 N–H and O–H groups in total. The molecule has 1 saturated heterocycles. The summed E-state index contributed by atoms with van der Waals surface area (Å²) in [5.41, 5.74) is -2.36. The fourth-order valence-electron chi connectivity index (χ4n) is 4.06. The zero-order valence-electron chi connectivity index (χ0n) is 20.1. The van der Waals surface area contributed by atoms with E-state index >= 15 is 0 Å². The number of carbonyl (C=O) groups excluding carboxylic acids is 1. The number of aromatic nitrogens is 3. The average Bonchev–Trinajstić information content (AvgIpc) is 2.82. The van der Waals surface area contributed by atoms with Gasteiger partial charge in [0.15, 0.2) is 0 Å². The van der Waals surface area contributed by atoms with E-state index in [1.54, 1.807) is 10.00 Å². The van der Waals surface area contributed by atoms with Gasteiger partial charge >= 0.3 is 12.4 Å². The number of hydroxylamine groups is 1. The zero-order valence-corrected chi connectivity index (χ0v) is 20.1. The number of anilines is 2. The molecule has 1 fully saturated rings. The van der Waals surface area contributed by atoms with Crippen molar-refractivity contribution in [1.82, 2.24) is 20.7 Å². The second-order valence-electron chi connectivity index (χ2n) is 8.86. The van der Waals surface area contributed by atoms with Gasteiger partial charge in [0.05, 0.1) is 30.7 Å². The first-order valence-corrected chi connectivity index (χ1v) is 11.5. The molecule has 0 aliphatic carbocycles. The number of aliphatic hydroxyl groups excluding tert-OH is 1. The van der Waals surface area contributed by atoms with Gasteiger partial charge < -0.3 is 15.3 Å². The van der Waals surface area contributed by atoms with E-state index in [4.69, 9.17) is 4.84 Å². The van der Waals surface area contributed by atoms with Crippen LogP contribution in [0.5, 0.6) is 0 Å². The van der Waals surface area contributed by atoms with E-state index in [0.29, 0.717) is 37.9 Å². The summed E-state index contributed by atoms with van der Waals surface area (Å²) in [7, 11) is 0. The maximum atomic E-state index is 13.1. The van der Waals surface area contributed by atoms with Crippen molar-refractivity contribution < 1.29 is 41.1 Å². The van der Waals surface area contributed by atoms with Crippen molar-refractivity contribution in [2.75, 3.05) is 29.9 Å². The molecule has 0 aromatic carbocycles. The van der Waals surface area contributed by atoms with E-state index in [9.17, 15) is 41.0 Å². The Kier molecular flexibility index (Phi) is 9.19. The molecule has 38 heavy (non-hydrogen) atoms. The normalized spacial score (nSPS) is 15.8. The summed E-state index contributed by atoms with van der Waals surface area (Å²) in [6.07, 6.45) is -6.78. The number of H-pyrrole nitrogens is 1. The van der Waals surface area contributed by atoms with Gasteiger partial charge in [-0.1, -0.05) is 0 Å². The van der Waals surface area contributed by atoms with Gasteiger partial charge in [-0.15, -0.1) is 0 Å². The number of aromatic amines is 1. The van der Waals surface area contributed by atoms with Crippen LogP contribution in [-0.2, 0) is 28.6 Å². The number of pyridine rings is 1. The first kappa shape index (κ1) is 29.2. The standard InChI is InChI=1S/C22H26F6N6O4/c1-12(31-16-9-30-32-20(37)19(16)22(26,27)28)11-38-33-18(36)6-13-2-4-34(5-3-13)17-7-14(10-35)15(8-29-17)21(23,24)25/h7-9,12-13,35H,2-6,10-11H2,1H3,(H,33,36)(H2,31,32,37). The molecule has 0 radical (unpaired) electrons. The minimum absolute atomic E-state index is 0.0337. The number of piperidine rings is 1. The Hall–Kier alpha value is -3.40. The van der Waals surface area contributed by atoms with Gasteiger partial charge in [-0.05, 0) is 37.3 Å². The lowest BCUT2D eigenvalue weighted by Gasteiger charge is -2.33. The minimum Gasteiger partial charge on any atom is -0.392 e. The molecule has 0 spiro atoms. The highest BCUT2D eigenvalue weighted by Crippen LogP contribution is 2.34. The number of carbonyl (C=O) groups is 1. The Morgan fingerprint density at radius 2 is 1.89 bits per heavy atom. The Bertz CT molecular complexity index is 1160. The molecule has 3 rings (SSSR count). The molecule has 1 atom stereocenters. The minimum atomic E-state index is -4.90. The molecule has 10 nitrogen and oxygen atoms in total. The SMILES string of the molecule is CC(CONC(=O)CC1CCN(c2cc(CO)c(C(F)(F)F)cn2)CC1)Nc1cn[nH]c(=O)c1C(F)(F)F. The molecule has 1 amide bonds. The largest absolute Gasteiger partial charge is 0.423 e. The van der Waals surface area contributed by atoms with Crippen LogP contribution >= 0.6 is 0 Å². The van der Waals surface area contributed by atoms with Gasteiger partial charge in [-0.25, -0.2) is 15.6 Å². The van der Waals surface area contributed by atoms with Crippen LogP contribution < -0.4 is 21.3 Å². The monoisotopic (exact) mass is 552 g/mol. The van der Waals surface area contributed by atoms with Crippen LogP contribution in [-0.4, -0.2) is 51.9 Å². The highest BCUT2D eigenvalue weighted by Gasteiger charge is 2.38. The quantitative estimate of drug-likeness (QED) is 0.276. The zero-order chi connectivity index (χ0) is 28.1. The smallest absolute Gasteiger partial charge is 0.392 e. The fraction of sp³-hybridized carbons (Fsp3) is 0.545. The third-order valence-corrected chi connectivity index (χ3v) is 5.92. The number of amides is 1. The number of rotatable bonds is 9. The van der Waals surface area contributed by atoms with E-state index < -0.39 is 53.3 Å². The summed E-state index contributed by atoms with van der Waals surface area (Å²) in [6.45, 7) is 1.38. The van der Waals surface area contributed by atoms with Crippen LogP contribution in [0.1, 0.15) is 42.9 Å². The van der Waals surface area contributed by atoms with Crippen LogP contribution in [0, 0.1) is 5.92 Å². The van der Waals surface area contributed by atoms with Gasteiger partial charge in [0, 0.05) is 31.7 Å². The fourth-order valence-corrected chi connectivity index (χ4v) is 4.06. The summed E-state index contributed by atoms with van der Waals surface area (Å²) in [5.74, 6) is -0.174. The van der Waals surface area contributed by atoms with Gasteiger partial charge in [-0.3, -0.25) is 14.4 Å². The number of hydrogen-bond donors (Lipinski definition) is 4. The first-order valence-electron chi connectivity index (χ1n) is 11.5. The summed E-state index contributed by atoms with van der Waals surface area (Å²) < 4.78 is 78.4. The lowest BCUT2D eigenvalue weighted by molar-refractivity contribution is -0.139. The molecule has 2 aromatic rings. The molecule has 0 saturated carbocycles. The van der Waals surface area contributed by atoms with Crippen molar-refractivity contribution in [3.63, 3.8) is 0 Å². The Labute approximate surface area is 212 Å². The maximum Gasteiger partial charge on any atom is 0.423 e. The van der Waals surface area contributed by atoms with Gasteiger partial charge in [0.2, 0.25) is 5.91 Å². The Morgan fingerprint density at radius 3 is 2.50 bits per heavy atom. The molecule has 1 unspecified atom stereocenters. The first-order chi connectivity index (χ1) is 17.8. The van der Waals surface area contributed by atoms with Crippen molar-refractivity contribution in [2.24, 2.45) is 5.92 Å². The molecular formula is C22H26F6N6O4. The van der Waals surface area contributed by atoms with Crippen molar-refractivity contribution >= 4 is 17.4 Å². The lowest BCUT2D eigenvalue weighted by Crippen LogP contribution is -2.37. The molecule has 0 bridgehead atoms. The summed E-state index contributed by atoms with van der Waals surface area (Å²) >= 11 is 0. The third-order valence-electron chi connectivity index (χ3n) is 5.92. The van der Waals surface area contributed by atoms with Crippen molar-refractivity contribution in [2.45, 2.75) is 51.2 Å². The Morgan fingerprint density at radius 1 is 1.21 bits per heavy atom. The van der Waals surface area contributed by atoms with Gasteiger partial charge in [0.1, 0.15) is 11.4 Å². The van der Waals surface area contributed by atoms with Crippen LogP contribution in [0.25, 0.3) is 0 Å². The van der Waals surface area contributed by atoms with Crippen molar-refractivity contribution in [1.29, 1.82) is 0 Å². The predicted molar refractivity (Wildman–Crippen MR) is 122 cm³/mol.